The molecule has 252 valence electrons. The number of nitrogens with zero attached hydrogens (tertiary/aromatic N) is 4. The van der Waals surface area contributed by atoms with Crippen LogP contribution in [-0.2, 0) is 22.6 Å². The average Bonchev–Trinajstić information content (AvgIpc) is 3.43. The van der Waals surface area contributed by atoms with E-state index in [1.807, 2.05) is 26.0 Å². The Morgan fingerprint density at radius 1 is 0.918 bits per heavy atom. The Hall–Kier alpha value is -6.24. The summed E-state index contributed by atoms with van der Waals surface area (Å²) in [6, 6.07) is 22.9. The van der Waals surface area contributed by atoms with E-state index in [0.29, 0.717) is 28.1 Å². The van der Waals surface area contributed by atoms with Gasteiger partial charge in [-0.1, -0.05) is 36.4 Å². The van der Waals surface area contributed by atoms with Crippen LogP contribution in [0.25, 0.3) is 11.0 Å². The molecule has 2 amide bonds. The molecular weight excluding hydrogens is 628 g/mol. The molecule has 0 aliphatic rings. The molecular formula is C36H36N6O7. The first kappa shape index (κ1) is 34.1. The zero-order valence-electron chi connectivity index (χ0n) is 27.3. The summed E-state index contributed by atoms with van der Waals surface area (Å²) in [5.74, 6) is -1.24. The normalized spacial score (nSPS) is 10.9. The molecule has 13 heteroatoms. The first-order chi connectivity index (χ1) is 23.6. The maximum absolute atomic E-state index is 14.0. The van der Waals surface area contributed by atoms with Crippen LogP contribution in [0.2, 0.25) is 0 Å². The van der Waals surface area contributed by atoms with Crippen LogP contribution in [0.15, 0.2) is 89.7 Å². The Balaban J connectivity index is 1.63. The summed E-state index contributed by atoms with van der Waals surface area (Å²) >= 11 is 0. The predicted molar refractivity (Wildman–Crippen MR) is 186 cm³/mol. The highest BCUT2D eigenvalue weighted by Gasteiger charge is 2.25. The summed E-state index contributed by atoms with van der Waals surface area (Å²) in [6.45, 7) is 5.09. The number of methoxy groups -OCH3 is 1. The standard InChI is InChI=1S/C36H36N6O7/c1-4-39(5-2)26-12-14-27(15-13-26)40(22-31(37)43)32(44)20-24-11-17-29(35(45)23-9-7-6-8-10-23)33-34(24)41(36(46)38-33)21-25-19-28(42(47)48)16-18-30(25)49-3/h6-19H,4-5,20-22H2,1-3H3,(H2,37,43)(H,38,46). The Labute approximate surface area is 281 Å². The number of carbonyl (C=O) groups is 3. The molecule has 0 aliphatic carbocycles. The zero-order valence-corrected chi connectivity index (χ0v) is 27.3. The molecule has 4 aromatic carbocycles. The van der Waals surface area contributed by atoms with E-state index in [-0.39, 0.29) is 47.6 Å². The lowest BCUT2D eigenvalue weighted by Gasteiger charge is -2.25. The van der Waals surface area contributed by atoms with E-state index in [1.165, 1.54) is 34.8 Å². The molecule has 3 N–H and O–H groups in total. The van der Waals surface area contributed by atoms with Crippen molar-refractivity contribution in [3.05, 3.63) is 128 Å². The number of non-ortho nitro benzene ring substituents is 1. The van der Waals surface area contributed by atoms with Crippen molar-refractivity contribution in [2.24, 2.45) is 5.73 Å². The fourth-order valence-electron chi connectivity index (χ4n) is 5.92. The van der Waals surface area contributed by atoms with Crippen LogP contribution in [-0.4, -0.2) is 58.8 Å². The number of fused-ring (bicyclic) bond motifs is 1. The molecule has 49 heavy (non-hydrogen) atoms. The first-order valence-electron chi connectivity index (χ1n) is 15.6. The van der Waals surface area contributed by atoms with Gasteiger partial charge in [0.05, 0.1) is 36.0 Å². The second kappa shape index (κ2) is 14.7. The van der Waals surface area contributed by atoms with Gasteiger partial charge in [0.2, 0.25) is 11.8 Å². The first-order valence-corrected chi connectivity index (χ1v) is 15.6. The van der Waals surface area contributed by atoms with Gasteiger partial charge in [0.1, 0.15) is 12.3 Å². The molecule has 0 bridgehead atoms. The number of carbonyl (C=O) groups excluding carboxylic acids is 3. The number of imidazole rings is 1. The van der Waals surface area contributed by atoms with E-state index in [2.05, 4.69) is 9.88 Å². The number of nitrogens with one attached hydrogen (secondary N) is 1. The molecule has 1 aromatic heterocycles. The van der Waals surface area contributed by atoms with E-state index < -0.39 is 22.4 Å². The predicted octanol–water partition coefficient (Wildman–Crippen LogP) is 4.43. The minimum Gasteiger partial charge on any atom is -0.496 e. The quantitative estimate of drug-likeness (QED) is 0.0996. The van der Waals surface area contributed by atoms with Crippen molar-refractivity contribution in [2.45, 2.75) is 26.8 Å². The molecule has 0 fully saturated rings. The van der Waals surface area contributed by atoms with Gasteiger partial charge in [0, 0.05) is 53.3 Å². The number of ketones is 1. The lowest BCUT2D eigenvalue weighted by Crippen LogP contribution is -2.39. The summed E-state index contributed by atoms with van der Waals surface area (Å²) < 4.78 is 6.76. The van der Waals surface area contributed by atoms with Gasteiger partial charge in [-0.05, 0) is 55.8 Å². The van der Waals surface area contributed by atoms with Crippen molar-refractivity contribution in [1.82, 2.24) is 9.55 Å². The molecule has 1 heterocycles. The highest BCUT2D eigenvalue weighted by atomic mass is 16.6. The lowest BCUT2D eigenvalue weighted by molar-refractivity contribution is -0.384. The van der Waals surface area contributed by atoms with E-state index in [9.17, 15) is 29.3 Å². The van der Waals surface area contributed by atoms with Crippen LogP contribution in [0.1, 0.15) is 40.9 Å². The van der Waals surface area contributed by atoms with Crippen LogP contribution < -0.4 is 26.0 Å². The minimum absolute atomic E-state index is 0.175. The molecule has 5 rings (SSSR count). The summed E-state index contributed by atoms with van der Waals surface area (Å²) in [4.78, 5) is 70.7. The molecule has 0 spiro atoms. The number of hydrogen-bond donors (Lipinski definition) is 2. The number of nitro benzene ring substituents is 1. The number of H-pyrrole nitrogens is 1. The van der Waals surface area contributed by atoms with Crippen molar-refractivity contribution in [1.29, 1.82) is 0 Å². The summed E-state index contributed by atoms with van der Waals surface area (Å²) in [6.07, 6.45) is -0.273. The summed E-state index contributed by atoms with van der Waals surface area (Å²) in [5, 5.41) is 11.6. The minimum atomic E-state index is -0.716. The molecule has 5 aromatic rings. The third-order valence-corrected chi connectivity index (χ3v) is 8.34. The summed E-state index contributed by atoms with van der Waals surface area (Å²) in [5.41, 5.74) is 7.92. The van der Waals surface area contributed by atoms with Crippen LogP contribution in [0, 0.1) is 10.1 Å². The molecule has 0 atom stereocenters. The van der Waals surface area contributed by atoms with E-state index in [1.54, 1.807) is 54.6 Å². The molecule has 0 radical (unpaired) electrons. The Morgan fingerprint density at radius 2 is 1.59 bits per heavy atom. The second-order valence-corrected chi connectivity index (χ2v) is 11.3. The van der Waals surface area contributed by atoms with Crippen molar-refractivity contribution >= 4 is 45.7 Å². The second-order valence-electron chi connectivity index (χ2n) is 11.3. The molecule has 0 saturated heterocycles. The van der Waals surface area contributed by atoms with Gasteiger partial charge in [-0.2, -0.15) is 0 Å². The van der Waals surface area contributed by atoms with Gasteiger partial charge in [-0.15, -0.1) is 0 Å². The van der Waals surface area contributed by atoms with Gasteiger partial charge in [0.25, 0.3) is 5.69 Å². The largest absolute Gasteiger partial charge is 0.496 e. The van der Waals surface area contributed by atoms with Crippen LogP contribution in [0.4, 0.5) is 17.1 Å². The number of primary amides is 1. The van der Waals surface area contributed by atoms with Crippen molar-refractivity contribution in [2.75, 3.05) is 36.5 Å². The number of aromatic nitrogens is 2. The van der Waals surface area contributed by atoms with Gasteiger partial charge in [-0.25, -0.2) is 4.79 Å². The van der Waals surface area contributed by atoms with E-state index >= 15 is 0 Å². The monoisotopic (exact) mass is 664 g/mol. The number of hydrogen-bond acceptors (Lipinski definition) is 8. The third kappa shape index (κ3) is 7.20. The van der Waals surface area contributed by atoms with Crippen LogP contribution >= 0.6 is 0 Å². The number of nitro groups is 1. The molecule has 0 unspecified atom stereocenters. The van der Waals surface area contributed by atoms with Crippen LogP contribution in [0.5, 0.6) is 5.75 Å². The number of amides is 2. The zero-order chi connectivity index (χ0) is 35.2. The topological polar surface area (TPSA) is 174 Å². The smallest absolute Gasteiger partial charge is 0.326 e. The average molecular weight is 665 g/mol. The number of rotatable bonds is 14. The molecule has 0 saturated carbocycles. The number of ether oxygens (including phenoxy) is 1. The third-order valence-electron chi connectivity index (χ3n) is 8.34. The maximum Gasteiger partial charge on any atom is 0.326 e. The number of aromatic amines is 1. The van der Waals surface area contributed by atoms with Gasteiger partial charge < -0.3 is 25.3 Å². The van der Waals surface area contributed by atoms with Crippen LogP contribution in [0.3, 0.4) is 0 Å². The fraction of sp³-hybridized carbons (Fsp3) is 0.222. The number of anilines is 2. The van der Waals surface area contributed by atoms with Crippen molar-refractivity contribution < 1.29 is 24.0 Å². The SMILES string of the molecule is CCN(CC)c1ccc(N(CC(N)=O)C(=O)Cc2ccc(C(=O)c3ccccc3)c3[nH]c(=O)n(Cc4cc([N+](=O)[O-])ccc4OC)c23)cc1. The fourth-order valence-corrected chi connectivity index (χ4v) is 5.92. The Kier molecular flexibility index (Phi) is 10.2. The lowest BCUT2D eigenvalue weighted by atomic mass is 9.98. The highest BCUT2D eigenvalue weighted by molar-refractivity contribution is 6.16. The number of nitrogens with two attached hydrogens (primary N) is 1. The van der Waals surface area contributed by atoms with Gasteiger partial charge in [0.15, 0.2) is 5.78 Å². The van der Waals surface area contributed by atoms with Gasteiger partial charge in [-0.3, -0.25) is 29.1 Å². The van der Waals surface area contributed by atoms with Crippen molar-refractivity contribution in [3.63, 3.8) is 0 Å². The van der Waals surface area contributed by atoms with Crippen molar-refractivity contribution in [3.8, 4) is 5.75 Å². The van der Waals surface area contributed by atoms with E-state index in [0.717, 1.165) is 18.8 Å². The highest BCUT2D eigenvalue weighted by Crippen LogP contribution is 2.29. The maximum atomic E-state index is 14.0. The Morgan fingerprint density at radius 3 is 2.20 bits per heavy atom. The van der Waals surface area contributed by atoms with E-state index in [4.69, 9.17) is 10.5 Å². The number of benzene rings is 4. The van der Waals surface area contributed by atoms with Gasteiger partial charge >= 0.3 is 5.69 Å². The Bertz CT molecular complexity index is 2080. The molecule has 0 aliphatic heterocycles. The molecule has 13 nitrogen and oxygen atoms in total. The summed E-state index contributed by atoms with van der Waals surface area (Å²) in [7, 11) is 1.41.